The summed E-state index contributed by atoms with van der Waals surface area (Å²) in [6, 6.07) is 0.288. The monoisotopic (exact) mass is 317 g/mol. The molecular formula is C16H31NO3S. The van der Waals surface area contributed by atoms with Crippen LogP contribution in [0, 0.1) is 5.92 Å². The zero-order chi connectivity index (χ0) is 15.7. The van der Waals surface area contributed by atoms with Gasteiger partial charge in [0.15, 0.2) is 0 Å². The van der Waals surface area contributed by atoms with Crippen molar-refractivity contribution in [2.45, 2.75) is 58.0 Å². The van der Waals surface area contributed by atoms with Crippen LogP contribution in [-0.4, -0.2) is 49.4 Å². The summed E-state index contributed by atoms with van der Waals surface area (Å²) in [6.45, 7) is 7.33. The molecule has 1 saturated carbocycles. The fourth-order valence-corrected chi connectivity index (χ4v) is 4.17. The fourth-order valence-electron chi connectivity index (χ4n) is 3.23. The van der Waals surface area contributed by atoms with Crippen molar-refractivity contribution in [2.24, 2.45) is 5.92 Å². The van der Waals surface area contributed by atoms with Gasteiger partial charge >= 0.3 is 5.97 Å². The van der Waals surface area contributed by atoms with Gasteiger partial charge in [-0.1, -0.05) is 6.42 Å². The number of thioether (sulfide) groups is 1. The Morgan fingerprint density at radius 1 is 1.43 bits per heavy atom. The lowest BCUT2D eigenvalue weighted by Crippen LogP contribution is -2.58. The van der Waals surface area contributed by atoms with Crippen molar-refractivity contribution in [3.05, 3.63) is 0 Å². The lowest BCUT2D eigenvalue weighted by molar-refractivity contribution is -0.153. The molecule has 1 aliphatic rings. The molecule has 0 spiro atoms. The van der Waals surface area contributed by atoms with Gasteiger partial charge in [-0.3, -0.25) is 10.1 Å². The Balaban J connectivity index is 2.63. The van der Waals surface area contributed by atoms with Gasteiger partial charge in [0.1, 0.15) is 5.54 Å². The molecule has 2 atom stereocenters. The lowest BCUT2D eigenvalue weighted by atomic mass is 9.84. The van der Waals surface area contributed by atoms with Crippen LogP contribution in [0.2, 0.25) is 0 Å². The zero-order valence-electron chi connectivity index (χ0n) is 13.9. The first kappa shape index (κ1) is 18.8. The van der Waals surface area contributed by atoms with E-state index in [9.17, 15) is 4.79 Å². The smallest absolute Gasteiger partial charge is 0.326 e. The Hall–Kier alpha value is -0.260. The van der Waals surface area contributed by atoms with Crippen molar-refractivity contribution in [1.29, 1.82) is 0 Å². The number of methoxy groups -OCH3 is 1. The summed E-state index contributed by atoms with van der Waals surface area (Å²) >= 11 is 1.90. The quantitative estimate of drug-likeness (QED) is 0.496. The van der Waals surface area contributed by atoms with E-state index in [-0.39, 0.29) is 12.0 Å². The summed E-state index contributed by atoms with van der Waals surface area (Å²) in [4.78, 5) is 12.5. The maximum atomic E-state index is 12.5. The summed E-state index contributed by atoms with van der Waals surface area (Å²) in [5.41, 5.74) is -0.466. The molecular weight excluding hydrogens is 286 g/mol. The van der Waals surface area contributed by atoms with Crippen LogP contribution >= 0.6 is 11.8 Å². The van der Waals surface area contributed by atoms with Gasteiger partial charge in [-0.25, -0.2) is 0 Å². The fraction of sp³-hybridized carbons (Fsp3) is 0.938. The molecule has 0 amide bonds. The van der Waals surface area contributed by atoms with Crippen molar-refractivity contribution in [3.63, 3.8) is 0 Å². The van der Waals surface area contributed by atoms with Crippen molar-refractivity contribution >= 4 is 17.7 Å². The Kier molecular flexibility index (Phi) is 8.67. The summed E-state index contributed by atoms with van der Waals surface area (Å²) in [5, 5.41) is 3.53. The van der Waals surface area contributed by atoms with E-state index in [0.717, 1.165) is 43.8 Å². The standard InChI is InChI=1S/C16H31NO3S/c1-5-20-15(18)16(17-13(2)3)9-6-7-14(16)8-11-21-12-10-19-4/h13-14,17H,5-12H2,1-4H3. The van der Waals surface area contributed by atoms with Gasteiger partial charge in [0.2, 0.25) is 0 Å². The Bertz CT molecular complexity index is 312. The maximum absolute atomic E-state index is 12.5. The molecule has 0 saturated heterocycles. The Morgan fingerprint density at radius 2 is 2.19 bits per heavy atom. The molecule has 1 aliphatic carbocycles. The van der Waals surface area contributed by atoms with Crippen LogP contribution in [0.3, 0.4) is 0 Å². The van der Waals surface area contributed by atoms with Gasteiger partial charge in [0.25, 0.3) is 0 Å². The number of hydrogen-bond donors (Lipinski definition) is 1. The van der Waals surface area contributed by atoms with Gasteiger partial charge in [0.05, 0.1) is 13.2 Å². The highest BCUT2D eigenvalue weighted by molar-refractivity contribution is 7.99. The van der Waals surface area contributed by atoms with E-state index in [1.807, 2.05) is 18.7 Å². The lowest BCUT2D eigenvalue weighted by Gasteiger charge is -2.36. The van der Waals surface area contributed by atoms with Crippen LogP contribution in [0.25, 0.3) is 0 Å². The third-order valence-electron chi connectivity index (χ3n) is 4.05. The van der Waals surface area contributed by atoms with E-state index in [1.54, 1.807) is 7.11 Å². The first-order valence-corrected chi connectivity index (χ1v) is 9.24. The summed E-state index contributed by atoms with van der Waals surface area (Å²) in [7, 11) is 1.73. The van der Waals surface area contributed by atoms with Crippen LogP contribution in [0.15, 0.2) is 0 Å². The first-order chi connectivity index (χ1) is 10.1. The second-order valence-electron chi connectivity index (χ2n) is 5.97. The first-order valence-electron chi connectivity index (χ1n) is 8.08. The van der Waals surface area contributed by atoms with E-state index in [0.29, 0.717) is 12.5 Å². The second kappa shape index (κ2) is 9.70. The normalized spacial score (nSPS) is 25.5. The Labute approximate surface area is 133 Å². The second-order valence-corrected chi connectivity index (χ2v) is 7.20. The molecule has 0 aromatic heterocycles. The van der Waals surface area contributed by atoms with Gasteiger partial charge in [-0.15, -0.1) is 0 Å². The predicted octanol–water partition coefficient (Wildman–Crippen LogP) is 2.86. The molecule has 1 rings (SSSR count). The summed E-state index contributed by atoms with van der Waals surface area (Å²) in [6.07, 6.45) is 4.18. The molecule has 2 unspecified atom stereocenters. The van der Waals surface area contributed by atoms with E-state index < -0.39 is 5.54 Å². The van der Waals surface area contributed by atoms with Crippen molar-refractivity contribution in [1.82, 2.24) is 5.32 Å². The SMILES string of the molecule is CCOC(=O)C1(NC(C)C)CCCC1CCSCCOC. The molecule has 21 heavy (non-hydrogen) atoms. The predicted molar refractivity (Wildman–Crippen MR) is 88.8 cm³/mol. The molecule has 5 heteroatoms. The summed E-state index contributed by atoms with van der Waals surface area (Å²) in [5.74, 6) is 2.43. The minimum absolute atomic E-state index is 0.0527. The highest BCUT2D eigenvalue weighted by Crippen LogP contribution is 2.40. The third kappa shape index (κ3) is 5.46. The maximum Gasteiger partial charge on any atom is 0.326 e. The van der Waals surface area contributed by atoms with Gasteiger partial charge in [0, 0.05) is 18.9 Å². The molecule has 0 aromatic carbocycles. The van der Waals surface area contributed by atoms with Crippen LogP contribution in [0.1, 0.15) is 46.5 Å². The van der Waals surface area contributed by atoms with Crippen LogP contribution in [0.5, 0.6) is 0 Å². The Morgan fingerprint density at radius 3 is 2.81 bits per heavy atom. The van der Waals surface area contributed by atoms with Gasteiger partial charge < -0.3 is 9.47 Å². The van der Waals surface area contributed by atoms with Crippen LogP contribution in [-0.2, 0) is 14.3 Å². The zero-order valence-corrected chi connectivity index (χ0v) is 14.8. The topological polar surface area (TPSA) is 47.6 Å². The average molecular weight is 317 g/mol. The molecule has 1 N–H and O–H groups in total. The minimum atomic E-state index is -0.466. The molecule has 0 radical (unpaired) electrons. The van der Waals surface area contributed by atoms with Crippen molar-refractivity contribution in [3.8, 4) is 0 Å². The number of carbonyl (C=O) groups is 1. The molecule has 4 nitrogen and oxygen atoms in total. The number of hydrogen-bond acceptors (Lipinski definition) is 5. The molecule has 0 aliphatic heterocycles. The number of ether oxygens (including phenoxy) is 2. The average Bonchev–Trinajstić information content (AvgIpc) is 2.82. The number of esters is 1. The van der Waals surface area contributed by atoms with Gasteiger partial charge in [-0.05, 0) is 51.7 Å². The largest absolute Gasteiger partial charge is 0.465 e. The number of rotatable bonds is 10. The molecule has 0 aromatic rings. The van der Waals surface area contributed by atoms with E-state index in [4.69, 9.17) is 9.47 Å². The van der Waals surface area contributed by atoms with Gasteiger partial charge in [-0.2, -0.15) is 11.8 Å². The van der Waals surface area contributed by atoms with Crippen molar-refractivity contribution in [2.75, 3.05) is 31.8 Å². The number of nitrogens with one attached hydrogen (secondary N) is 1. The van der Waals surface area contributed by atoms with E-state index >= 15 is 0 Å². The van der Waals surface area contributed by atoms with E-state index in [2.05, 4.69) is 19.2 Å². The highest BCUT2D eigenvalue weighted by Gasteiger charge is 2.49. The van der Waals surface area contributed by atoms with Crippen LogP contribution in [0.4, 0.5) is 0 Å². The van der Waals surface area contributed by atoms with E-state index in [1.165, 1.54) is 0 Å². The summed E-state index contributed by atoms with van der Waals surface area (Å²) < 4.78 is 10.4. The molecule has 0 heterocycles. The molecule has 124 valence electrons. The highest BCUT2D eigenvalue weighted by atomic mass is 32.2. The molecule has 0 bridgehead atoms. The third-order valence-corrected chi connectivity index (χ3v) is 5.03. The molecule has 1 fully saturated rings. The minimum Gasteiger partial charge on any atom is -0.465 e. The number of carbonyl (C=O) groups excluding carboxylic acids is 1. The van der Waals surface area contributed by atoms with Crippen molar-refractivity contribution < 1.29 is 14.3 Å². The van der Waals surface area contributed by atoms with Crippen LogP contribution < -0.4 is 5.32 Å².